The summed E-state index contributed by atoms with van der Waals surface area (Å²) >= 11 is 3.47. The van der Waals surface area contributed by atoms with E-state index in [1.807, 2.05) is 54.4 Å². The highest BCUT2D eigenvalue weighted by molar-refractivity contribution is 9.10. The molecule has 0 atom stereocenters. The molecule has 2 aromatic carbocycles. The summed E-state index contributed by atoms with van der Waals surface area (Å²) in [6.45, 7) is 0.691. The molecule has 2 N–H and O–H groups in total. The van der Waals surface area contributed by atoms with Crippen molar-refractivity contribution in [1.82, 2.24) is 9.97 Å². The van der Waals surface area contributed by atoms with Crippen LogP contribution >= 0.6 is 15.9 Å². The van der Waals surface area contributed by atoms with Crippen molar-refractivity contribution in [2.45, 2.75) is 0 Å². The number of aliphatic hydroxyl groups is 1. The average molecular weight is 373 g/mol. The molecule has 3 rings (SSSR count). The number of likely N-dealkylation sites (N-methyl/N-ethyl adjacent to an activating group) is 1. The Morgan fingerprint density at radius 1 is 1.17 bits per heavy atom. The second-order valence-corrected chi connectivity index (χ2v) is 6.12. The van der Waals surface area contributed by atoms with E-state index in [-0.39, 0.29) is 6.61 Å². The van der Waals surface area contributed by atoms with Crippen molar-refractivity contribution in [2.75, 3.05) is 30.4 Å². The van der Waals surface area contributed by atoms with Gasteiger partial charge in [0.15, 0.2) is 0 Å². The molecule has 0 saturated carbocycles. The van der Waals surface area contributed by atoms with Crippen LogP contribution in [-0.2, 0) is 0 Å². The van der Waals surface area contributed by atoms with Crippen LogP contribution in [-0.4, -0.2) is 35.3 Å². The molecule has 0 bridgehead atoms. The van der Waals surface area contributed by atoms with Gasteiger partial charge in [-0.3, -0.25) is 0 Å². The summed E-state index contributed by atoms with van der Waals surface area (Å²) in [6, 6.07) is 13.9. The van der Waals surface area contributed by atoms with E-state index in [1.165, 1.54) is 0 Å². The number of fused-ring (bicyclic) bond motifs is 1. The Balaban J connectivity index is 2.00. The molecule has 118 valence electrons. The molecular formula is C17H17BrN4O. The summed E-state index contributed by atoms with van der Waals surface area (Å²) in [5.41, 5.74) is 2.84. The van der Waals surface area contributed by atoms with Crippen molar-refractivity contribution in [3.8, 4) is 0 Å². The van der Waals surface area contributed by atoms with Gasteiger partial charge in [0.25, 0.3) is 0 Å². The van der Waals surface area contributed by atoms with Crippen LogP contribution in [0.5, 0.6) is 0 Å². The van der Waals surface area contributed by atoms with Crippen molar-refractivity contribution >= 4 is 44.0 Å². The summed E-state index contributed by atoms with van der Waals surface area (Å²) in [6.07, 6.45) is 1.56. The smallest absolute Gasteiger partial charge is 0.141 e. The Morgan fingerprint density at radius 3 is 2.83 bits per heavy atom. The molecule has 5 nitrogen and oxygen atoms in total. The van der Waals surface area contributed by atoms with E-state index in [2.05, 4.69) is 31.2 Å². The van der Waals surface area contributed by atoms with Gasteiger partial charge < -0.3 is 15.3 Å². The van der Waals surface area contributed by atoms with Crippen LogP contribution in [0.4, 0.5) is 17.2 Å². The third-order valence-corrected chi connectivity index (χ3v) is 4.08. The van der Waals surface area contributed by atoms with Gasteiger partial charge in [-0.05, 0) is 36.4 Å². The van der Waals surface area contributed by atoms with Crippen LogP contribution in [0.15, 0.2) is 53.3 Å². The van der Waals surface area contributed by atoms with Crippen molar-refractivity contribution in [1.29, 1.82) is 0 Å². The monoisotopic (exact) mass is 372 g/mol. The second-order valence-electron chi connectivity index (χ2n) is 5.20. The van der Waals surface area contributed by atoms with E-state index in [0.717, 1.165) is 32.6 Å². The van der Waals surface area contributed by atoms with Crippen molar-refractivity contribution in [3.63, 3.8) is 0 Å². The first-order valence-electron chi connectivity index (χ1n) is 7.27. The zero-order valence-corrected chi connectivity index (χ0v) is 14.3. The van der Waals surface area contributed by atoms with Crippen LogP contribution in [0.2, 0.25) is 0 Å². The number of nitrogens with one attached hydrogen (secondary N) is 1. The normalized spacial score (nSPS) is 10.7. The molecule has 1 aromatic heterocycles. The van der Waals surface area contributed by atoms with Crippen molar-refractivity contribution < 1.29 is 5.11 Å². The van der Waals surface area contributed by atoms with Crippen LogP contribution < -0.4 is 10.2 Å². The minimum Gasteiger partial charge on any atom is -0.395 e. The molecule has 0 aliphatic carbocycles. The van der Waals surface area contributed by atoms with Gasteiger partial charge in [0, 0.05) is 34.8 Å². The average Bonchev–Trinajstić information content (AvgIpc) is 2.55. The van der Waals surface area contributed by atoms with E-state index in [9.17, 15) is 0 Å². The van der Waals surface area contributed by atoms with E-state index in [4.69, 9.17) is 5.11 Å². The van der Waals surface area contributed by atoms with Crippen molar-refractivity contribution in [3.05, 3.63) is 53.3 Å². The van der Waals surface area contributed by atoms with E-state index < -0.39 is 0 Å². The van der Waals surface area contributed by atoms with E-state index in [0.29, 0.717) is 6.54 Å². The number of benzene rings is 2. The number of hydrogen-bond donors (Lipinski definition) is 2. The number of rotatable bonds is 5. The second kappa shape index (κ2) is 6.93. The van der Waals surface area contributed by atoms with Gasteiger partial charge in [0.2, 0.25) is 0 Å². The fourth-order valence-electron chi connectivity index (χ4n) is 2.36. The third-order valence-electron chi connectivity index (χ3n) is 3.58. The molecule has 0 unspecified atom stereocenters. The minimum absolute atomic E-state index is 0.114. The SMILES string of the molecule is CN(CCO)c1ccc2ncnc(Nc3cccc(Br)c3)c2c1. The molecule has 0 spiro atoms. The topological polar surface area (TPSA) is 61.3 Å². The maximum Gasteiger partial charge on any atom is 0.141 e. The number of nitrogens with zero attached hydrogens (tertiary/aromatic N) is 3. The zero-order chi connectivity index (χ0) is 16.2. The van der Waals surface area contributed by atoms with Crippen LogP contribution in [0.25, 0.3) is 10.9 Å². The zero-order valence-electron chi connectivity index (χ0n) is 12.7. The van der Waals surface area contributed by atoms with Crippen molar-refractivity contribution in [2.24, 2.45) is 0 Å². The number of anilines is 3. The maximum absolute atomic E-state index is 9.10. The maximum atomic E-state index is 9.10. The quantitative estimate of drug-likeness (QED) is 0.716. The highest BCUT2D eigenvalue weighted by atomic mass is 79.9. The summed E-state index contributed by atoms with van der Waals surface area (Å²) in [5.74, 6) is 0.757. The lowest BCUT2D eigenvalue weighted by molar-refractivity contribution is 0.304. The lowest BCUT2D eigenvalue weighted by atomic mass is 10.2. The van der Waals surface area contributed by atoms with Crippen LogP contribution in [0, 0.1) is 0 Å². The lowest BCUT2D eigenvalue weighted by Crippen LogP contribution is -2.20. The highest BCUT2D eigenvalue weighted by Crippen LogP contribution is 2.27. The highest BCUT2D eigenvalue weighted by Gasteiger charge is 2.08. The summed E-state index contributed by atoms with van der Waals surface area (Å²) in [7, 11) is 1.95. The molecular weight excluding hydrogens is 356 g/mol. The number of aromatic nitrogens is 2. The molecule has 0 aliphatic rings. The minimum atomic E-state index is 0.114. The van der Waals surface area contributed by atoms with Crippen LogP contribution in [0.1, 0.15) is 0 Å². The molecule has 0 fully saturated rings. The third kappa shape index (κ3) is 3.60. The van der Waals surface area contributed by atoms with E-state index >= 15 is 0 Å². The van der Waals surface area contributed by atoms with E-state index in [1.54, 1.807) is 6.33 Å². The molecule has 23 heavy (non-hydrogen) atoms. The Labute approximate surface area is 143 Å². The molecule has 0 aliphatic heterocycles. The summed E-state index contributed by atoms with van der Waals surface area (Å²) < 4.78 is 1.00. The lowest BCUT2D eigenvalue weighted by Gasteiger charge is -2.18. The van der Waals surface area contributed by atoms with Gasteiger partial charge in [-0.1, -0.05) is 22.0 Å². The molecule has 6 heteroatoms. The number of aliphatic hydroxyl groups excluding tert-OH is 1. The largest absolute Gasteiger partial charge is 0.395 e. The number of hydrogen-bond acceptors (Lipinski definition) is 5. The van der Waals surface area contributed by atoms with Gasteiger partial charge >= 0.3 is 0 Å². The molecule has 0 radical (unpaired) electrons. The predicted octanol–water partition coefficient (Wildman–Crippen LogP) is 3.56. The molecule has 3 aromatic rings. The summed E-state index contributed by atoms with van der Waals surface area (Å²) in [5, 5.41) is 13.4. The Hall–Kier alpha value is -2.18. The molecule has 0 saturated heterocycles. The van der Waals surface area contributed by atoms with Gasteiger partial charge in [-0.15, -0.1) is 0 Å². The van der Waals surface area contributed by atoms with Gasteiger partial charge in [0.05, 0.1) is 12.1 Å². The first kappa shape index (κ1) is 15.7. The first-order valence-corrected chi connectivity index (χ1v) is 8.06. The molecule has 1 heterocycles. The predicted molar refractivity (Wildman–Crippen MR) is 97.3 cm³/mol. The van der Waals surface area contributed by atoms with Gasteiger partial charge in [-0.25, -0.2) is 9.97 Å². The Bertz CT molecular complexity index is 825. The molecule has 0 amide bonds. The first-order chi connectivity index (χ1) is 11.2. The fourth-order valence-corrected chi connectivity index (χ4v) is 2.76. The summed E-state index contributed by atoms with van der Waals surface area (Å²) in [4.78, 5) is 10.7. The van der Waals surface area contributed by atoms with Gasteiger partial charge in [-0.2, -0.15) is 0 Å². The fraction of sp³-hybridized carbons (Fsp3) is 0.176. The standard InChI is InChI=1S/C17H17BrN4O/c1-22(7-8-23)14-5-6-16-15(10-14)17(20-11-19-16)21-13-4-2-3-12(18)9-13/h2-6,9-11,23H,7-8H2,1H3,(H,19,20,21). The number of halogens is 1. The Morgan fingerprint density at radius 2 is 2.04 bits per heavy atom. The van der Waals surface area contributed by atoms with Crippen LogP contribution in [0.3, 0.4) is 0 Å². The Kier molecular flexibility index (Phi) is 4.73. The van der Waals surface area contributed by atoms with Gasteiger partial charge in [0.1, 0.15) is 12.1 Å².